The highest BCUT2D eigenvalue weighted by molar-refractivity contribution is 7.71. The molecule has 1 aromatic carbocycles. The van der Waals surface area contributed by atoms with Crippen molar-refractivity contribution in [2.75, 3.05) is 0 Å². The Bertz CT molecular complexity index is 740. The van der Waals surface area contributed by atoms with E-state index in [4.69, 9.17) is 12.2 Å². The van der Waals surface area contributed by atoms with E-state index in [1.807, 2.05) is 24.4 Å². The average Bonchev–Trinajstić information content (AvgIpc) is 2.72. The van der Waals surface area contributed by atoms with Gasteiger partial charge in [-0.25, -0.2) is 4.98 Å². The number of pyridine rings is 1. The molecule has 0 aliphatic rings. The Balaban J connectivity index is 2.25. The molecule has 3 rings (SSSR count). The Morgan fingerprint density at radius 1 is 1.24 bits per heavy atom. The molecule has 17 heavy (non-hydrogen) atoms. The third-order valence-electron chi connectivity index (χ3n) is 2.71. The predicted molar refractivity (Wildman–Crippen MR) is 71.5 cm³/mol. The molecule has 0 aliphatic carbocycles. The molecule has 0 atom stereocenters. The van der Waals surface area contributed by atoms with Crippen molar-refractivity contribution in [2.45, 2.75) is 6.92 Å². The number of hydrogen-bond donors (Lipinski definition) is 2. The van der Waals surface area contributed by atoms with Gasteiger partial charge in [0, 0.05) is 6.20 Å². The molecule has 0 spiro atoms. The first-order valence-corrected chi connectivity index (χ1v) is 5.79. The van der Waals surface area contributed by atoms with Gasteiger partial charge in [0.1, 0.15) is 10.5 Å². The topological polar surface area (TPSA) is 44.5 Å². The summed E-state index contributed by atoms with van der Waals surface area (Å²) in [5.74, 6) is 0.812. The second kappa shape index (κ2) is 3.82. The minimum absolute atomic E-state index is 0.697. The highest BCUT2D eigenvalue weighted by Gasteiger charge is 2.06. The molecule has 3 aromatic rings. The minimum atomic E-state index is 0.697. The third-order valence-corrected chi connectivity index (χ3v) is 3.05. The van der Waals surface area contributed by atoms with Gasteiger partial charge in [-0.05, 0) is 36.8 Å². The molecule has 0 saturated heterocycles. The van der Waals surface area contributed by atoms with Crippen molar-refractivity contribution in [1.29, 1.82) is 0 Å². The zero-order valence-corrected chi connectivity index (χ0v) is 10.1. The van der Waals surface area contributed by atoms with Crippen LogP contribution in [0.5, 0.6) is 0 Å². The van der Waals surface area contributed by atoms with Crippen molar-refractivity contribution in [3.63, 3.8) is 0 Å². The lowest BCUT2D eigenvalue weighted by Gasteiger charge is -1.95. The molecule has 0 bridgehead atoms. The molecule has 3 nitrogen and oxygen atoms in total. The number of aryl methyl sites for hydroxylation is 1. The van der Waals surface area contributed by atoms with Crippen LogP contribution < -0.4 is 0 Å². The van der Waals surface area contributed by atoms with Crippen molar-refractivity contribution in [3.8, 4) is 11.4 Å². The fraction of sp³-hybridized carbons (Fsp3) is 0.0769. The Labute approximate surface area is 104 Å². The highest BCUT2D eigenvalue weighted by Crippen LogP contribution is 2.21. The molecule has 2 heterocycles. The van der Waals surface area contributed by atoms with Crippen molar-refractivity contribution < 1.29 is 0 Å². The average molecular weight is 241 g/mol. The van der Waals surface area contributed by atoms with Crippen molar-refractivity contribution in [1.82, 2.24) is 15.0 Å². The molecular formula is C13H11N3S. The summed E-state index contributed by atoms with van der Waals surface area (Å²) >= 11 is 5.25. The molecule has 0 fully saturated rings. The largest absolute Gasteiger partial charge is 0.352 e. The highest BCUT2D eigenvalue weighted by atomic mass is 32.1. The van der Waals surface area contributed by atoms with E-state index < -0.39 is 0 Å². The van der Waals surface area contributed by atoms with E-state index in [1.54, 1.807) is 0 Å². The molecule has 0 unspecified atom stereocenters. The van der Waals surface area contributed by atoms with E-state index in [2.05, 4.69) is 34.0 Å². The number of H-pyrrole nitrogens is 2. The molecule has 0 radical (unpaired) electrons. The summed E-state index contributed by atoms with van der Waals surface area (Å²) in [5.41, 5.74) is 4.14. The molecule has 0 amide bonds. The fourth-order valence-electron chi connectivity index (χ4n) is 1.86. The summed E-state index contributed by atoms with van der Waals surface area (Å²) in [4.78, 5) is 10.8. The number of imidazole rings is 1. The van der Waals surface area contributed by atoms with Crippen LogP contribution in [0.4, 0.5) is 0 Å². The van der Waals surface area contributed by atoms with Gasteiger partial charge in [-0.15, -0.1) is 0 Å². The van der Waals surface area contributed by atoms with E-state index in [0.717, 1.165) is 22.4 Å². The van der Waals surface area contributed by atoms with Gasteiger partial charge in [-0.3, -0.25) is 0 Å². The minimum Gasteiger partial charge on any atom is -0.352 e. The van der Waals surface area contributed by atoms with E-state index in [-0.39, 0.29) is 0 Å². The summed E-state index contributed by atoms with van der Waals surface area (Å²) < 4.78 is 0.697. The first-order chi connectivity index (χ1) is 8.24. The Morgan fingerprint density at radius 2 is 2.12 bits per heavy atom. The van der Waals surface area contributed by atoms with Crippen molar-refractivity contribution in [2.24, 2.45) is 0 Å². The molecule has 84 valence electrons. The standard InChI is InChI=1S/C13H11N3S/c1-8-4-5-10-11(7-8)16-12(15-10)9-3-2-6-14-13(9)17/h2-7H,1H3,(H,14,17)(H,15,16). The zero-order chi connectivity index (χ0) is 11.8. The second-order valence-corrected chi connectivity index (χ2v) is 4.43. The van der Waals surface area contributed by atoms with E-state index in [9.17, 15) is 0 Å². The van der Waals surface area contributed by atoms with Crippen LogP contribution in [-0.4, -0.2) is 15.0 Å². The van der Waals surface area contributed by atoms with E-state index in [1.165, 1.54) is 5.56 Å². The number of fused-ring (bicyclic) bond motifs is 1. The summed E-state index contributed by atoms with van der Waals surface area (Å²) in [7, 11) is 0. The summed E-state index contributed by atoms with van der Waals surface area (Å²) in [5, 5.41) is 0. The number of hydrogen-bond acceptors (Lipinski definition) is 2. The summed E-state index contributed by atoms with van der Waals surface area (Å²) in [6.45, 7) is 2.06. The zero-order valence-electron chi connectivity index (χ0n) is 9.32. The van der Waals surface area contributed by atoms with Gasteiger partial charge in [0.15, 0.2) is 0 Å². The van der Waals surface area contributed by atoms with Gasteiger partial charge in [-0.1, -0.05) is 18.3 Å². The lowest BCUT2D eigenvalue weighted by molar-refractivity contribution is 1.25. The molecule has 2 aromatic heterocycles. The van der Waals surface area contributed by atoms with Crippen LogP contribution in [0.3, 0.4) is 0 Å². The van der Waals surface area contributed by atoms with Gasteiger partial charge in [0.2, 0.25) is 0 Å². The fourth-order valence-corrected chi connectivity index (χ4v) is 2.09. The molecule has 2 N–H and O–H groups in total. The van der Waals surface area contributed by atoms with Crippen LogP contribution in [0.15, 0.2) is 36.5 Å². The Hall–Kier alpha value is -1.94. The number of benzene rings is 1. The van der Waals surface area contributed by atoms with Crippen LogP contribution >= 0.6 is 12.2 Å². The van der Waals surface area contributed by atoms with Gasteiger partial charge >= 0.3 is 0 Å². The monoisotopic (exact) mass is 241 g/mol. The smallest absolute Gasteiger partial charge is 0.141 e. The summed E-state index contributed by atoms with van der Waals surface area (Å²) in [6.07, 6.45) is 1.82. The van der Waals surface area contributed by atoms with Crippen molar-refractivity contribution >= 4 is 23.3 Å². The lowest BCUT2D eigenvalue weighted by Crippen LogP contribution is -1.83. The predicted octanol–water partition coefficient (Wildman–Crippen LogP) is 3.60. The molecule has 4 heteroatoms. The molecule has 0 saturated carbocycles. The van der Waals surface area contributed by atoms with Crippen LogP contribution in [0, 0.1) is 11.6 Å². The number of aromatic amines is 2. The van der Waals surface area contributed by atoms with Gasteiger partial charge in [-0.2, -0.15) is 0 Å². The van der Waals surface area contributed by atoms with E-state index >= 15 is 0 Å². The van der Waals surface area contributed by atoms with Gasteiger partial charge in [0.25, 0.3) is 0 Å². The lowest BCUT2D eigenvalue weighted by atomic mass is 10.2. The summed E-state index contributed by atoms with van der Waals surface area (Å²) in [6, 6.07) is 10.0. The normalized spacial score (nSPS) is 10.9. The first-order valence-electron chi connectivity index (χ1n) is 5.38. The quantitative estimate of drug-likeness (QED) is 0.639. The number of nitrogens with one attached hydrogen (secondary N) is 2. The van der Waals surface area contributed by atoms with Gasteiger partial charge in [0.05, 0.1) is 16.6 Å². The maximum atomic E-state index is 5.25. The number of nitrogens with zero attached hydrogens (tertiary/aromatic N) is 1. The Morgan fingerprint density at radius 3 is 2.94 bits per heavy atom. The van der Waals surface area contributed by atoms with Gasteiger partial charge < -0.3 is 9.97 Å². The SMILES string of the molecule is Cc1ccc2nc(-c3ccc[nH]c3=S)[nH]c2c1. The van der Waals surface area contributed by atoms with Crippen LogP contribution in [0.25, 0.3) is 22.4 Å². The van der Waals surface area contributed by atoms with Crippen LogP contribution in [-0.2, 0) is 0 Å². The van der Waals surface area contributed by atoms with Crippen LogP contribution in [0.1, 0.15) is 5.56 Å². The maximum absolute atomic E-state index is 5.25. The Kier molecular flexibility index (Phi) is 2.30. The van der Waals surface area contributed by atoms with Crippen molar-refractivity contribution in [3.05, 3.63) is 46.7 Å². The maximum Gasteiger partial charge on any atom is 0.141 e. The molecule has 0 aliphatic heterocycles. The first kappa shape index (κ1) is 10.2. The number of rotatable bonds is 1. The van der Waals surface area contributed by atoms with Crippen LogP contribution in [0.2, 0.25) is 0 Å². The second-order valence-electron chi connectivity index (χ2n) is 4.02. The number of aromatic nitrogens is 3. The molecular weight excluding hydrogens is 230 g/mol. The van der Waals surface area contributed by atoms with E-state index in [0.29, 0.717) is 4.64 Å². The third kappa shape index (κ3) is 1.76.